The number of imidazole rings is 1. The molecular weight excluding hydrogens is 558 g/mol. The van der Waals surface area contributed by atoms with Gasteiger partial charge < -0.3 is 30.8 Å². The Balaban J connectivity index is 1.59. The molecule has 0 unspecified atom stereocenters. The van der Waals surface area contributed by atoms with Gasteiger partial charge in [-0.15, -0.1) is 0 Å². The van der Waals surface area contributed by atoms with Gasteiger partial charge in [0.25, 0.3) is 6.43 Å². The Hall–Kier alpha value is -4.18. The molecule has 5 rings (SSSR count). The van der Waals surface area contributed by atoms with Crippen molar-refractivity contribution in [1.82, 2.24) is 24.5 Å². The number of aliphatic hydroxyl groups is 1. The van der Waals surface area contributed by atoms with Crippen molar-refractivity contribution < 1.29 is 36.2 Å². The SMILES string of the molecule is Nc1ncnc2c1ncn2Cc1cc(-c2cc(F)c(OC(F)F)cc2F)ncc1N1CCC[C@](N)([C@H](O)C(F)F)C1. The zero-order valence-corrected chi connectivity index (χ0v) is 21.2. The van der Waals surface area contributed by atoms with E-state index in [-0.39, 0.29) is 36.6 Å². The number of nitrogens with two attached hydrogens (primary N) is 2. The van der Waals surface area contributed by atoms with Crippen molar-refractivity contribution in [2.45, 2.75) is 44.1 Å². The van der Waals surface area contributed by atoms with E-state index in [0.29, 0.717) is 47.5 Å². The van der Waals surface area contributed by atoms with Gasteiger partial charge >= 0.3 is 6.61 Å². The summed E-state index contributed by atoms with van der Waals surface area (Å²) in [6.07, 6.45) is -0.578. The van der Waals surface area contributed by atoms with E-state index < -0.39 is 42.1 Å². The Morgan fingerprint density at radius 3 is 2.56 bits per heavy atom. The van der Waals surface area contributed by atoms with Gasteiger partial charge in [0.15, 0.2) is 23.0 Å². The fraction of sp³-hybridized carbons (Fsp3) is 0.360. The van der Waals surface area contributed by atoms with Crippen LogP contribution in [0.5, 0.6) is 5.75 Å². The van der Waals surface area contributed by atoms with Gasteiger partial charge in [-0.3, -0.25) is 4.98 Å². The molecule has 1 aliphatic heterocycles. The Kier molecular flexibility index (Phi) is 7.61. The number of hydrogen-bond acceptors (Lipinski definition) is 9. The average molecular weight is 583 g/mol. The number of anilines is 2. The number of piperidine rings is 1. The molecule has 1 aromatic carbocycles. The van der Waals surface area contributed by atoms with Gasteiger partial charge in [-0.05, 0) is 30.5 Å². The van der Waals surface area contributed by atoms with E-state index in [1.54, 1.807) is 9.47 Å². The van der Waals surface area contributed by atoms with E-state index >= 15 is 0 Å². The fourth-order valence-electron chi connectivity index (χ4n) is 4.97. The molecule has 4 heterocycles. The maximum absolute atomic E-state index is 14.9. The lowest BCUT2D eigenvalue weighted by Crippen LogP contribution is -2.63. The van der Waals surface area contributed by atoms with E-state index in [2.05, 4.69) is 24.7 Å². The predicted molar refractivity (Wildman–Crippen MR) is 135 cm³/mol. The van der Waals surface area contributed by atoms with E-state index in [0.717, 1.165) is 0 Å². The standard InChI is InChI=1S/C25H24F6N8O2/c26-14-6-18(41-24(30)31)15(27)5-13(14)16-4-12(8-39-11-37-19-22(32)35-10-36-23(19)39)17(7-34-16)38-3-1-2-25(33,9-38)20(40)21(28)29/h4-7,10-11,20-21,24,40H,1-3,8-9,33H2,(H2,32,35,36)/t20-,25-/m1/s1. The smallest absolute Gasteiger partial charge is 0.387 e. The number of nitrogens with zero attached hydrogens (tertiary/aromatic N) is 6. The monoisotopic (exact) mass is 582 g/mol. The molecule has 16 heteroatoms. The van der Waals surface area contributed by atoms with Crippen LogP contribution >= 0.6 is 0 Å². The molecule has 3 aromatic heterocycles. The molecule has 41 heavy (non-hydrogen) atoms. The number of nitrogen functional groups attached to an aromatic ring is 1. The minimum Gasteiger partial charge on any atom is -0.432 e. The second-order valence-electron chi connectivity index (χ2n) is 9.68. The van der Waals surface area contributed by atoms with Crippen LogP contribution < -0.4 is 21.1 Å². The van der Waals surface area contributed by atoms with Crippen molar-refractivity contribution in [2.24, 2.45) is 5.73 Å². The molecule has 1 aliphatic rings. The molecule has 4 aromatic rings. The van der Waals surface area contributed by atoms with Crippen molar-refractivity contribution in [1.29, 1.82) is 0 Å². The van der Waals surface area contributed by atoms with Gasteiger partial charge in [0.2, 0.25) is 0 Å². The molecule has 2 atom stereocenters. The maximum atomic E-state index is 14.9. The molecule has 1 saturated heterocycles. The highest BCUT2D eigenvalue weighted by Crippen LogP contribution is 2.35. The Labute approximate surface area is 228 Å². The topological polar surface area (TPSA) is 141 Å². The second-order valence-corrected chi connectivity index (χ2v) is 9.68. The minimum absolute atomic E-state index is 0.0416. The first-order valence-electron chi connectivity index (χ1n) is 12.3. The van der Waals surface area contributed by atoms with Crippen molar-refractivity contribution in [3.8, 4) is 17.0 Å². The summed E-state index contributed by atoms with van der Waals surface area (Å²) in [5, 5.41) is 10.1. The number of fused-ring (bicyclic) bond motifs is 1. The minimum atomic E-state index is -3.36. The van der Waals surface area contributed by atoms with Crippen LogP contribution in [0.3, 0.4) is 0 Å². The number of halogens is 6. The lowest BCUT2D eigenvalue weighted by Gasteiger charge is -2.44. The number of rotatable bonds is 8. The number of aliphatic hydroxyl groups excluding tert-OH is 1. The van der Waals surface area contributed by atoms with Crippen molar-refractivity contribution in [3.63, 3.8) is 0 Å². The Morgan fingerprint density at radius 1 is 1.05 bits per heavy atom. The third-order valence-corrected chi connectivity index (χ3v) is 6.97. The van der Waals surface area contributed by atoms with Gasteiger partial charge in [0.05, 0.1) is 36.0 Å². The number of hydrogen-bond donors (Lipinski definition) is 3. The number of pyridine rings is 1. The molecule has 0 aliphatic carbocycles. The first-order chi connectivity index (χ1) is 19.5. The van der Waals surface area contributed by atoms with Crippen LogP contribution in [-0.2, 0) is 6.54 Å². The van der Waals surface area contributed by atoms with Gasteiger partial charge in [0.1, 0.15) is 23.8 Å². The van der Waals surface area contributed by atoms with Crippen LogP contribution in [0.15, 0.2) is 37.1 Å². The van der Waals surface area contributed by atoms with Crippen LogP contribution in [0.2, 0.25) is 0 Å². The van der Waals surface area contributed by atoms with Crippen LogP contribution in [0, 0.1) is 11.6 Å². The lowest BCUT2D eigenvalue weighted by atomic mass is 9.84. The summed E-state index contributed by atoms with van der Waals surface area (Å²) in [6, 6.07) is 2.62. The summed E-state index contributed by atoms with van der Waals surface area (Å²) >= 11 is 0. The molecule has 10 nitrogen and oxygen atoms in total. The van der Waals surface area contributed by atoms with E-state index in [1.807, 2.05) is 0 Å². The summed E-state index contributed by atoms with van der Waals surface area (Å²) in [5.74, 6) is -3.13. The molecule has 218 valence electrons. The summed E-state index contributed by atoms with van der Waals surface area (Å²) in [7, 11) is 0. The highest BCUT2D eigenvalue weighted by Gasteiger charge is 2.43. The molecule has 0 saturated carbocycles. The van der Waals surface area contributed by atoms with Gasteiger partial charge in [-0.25, -0.2) is 32.5 Å². The third kappa shape index (κ3) is 5.56. The quantitative estimate of drug-likeness (QED) is 0.267. The molecule has 0 bridgehead atoms. The summed E-state index contributed by atoms with van der Waals surface area (Å²) in [4.78, 5) is 18.3. The van der Waals surface area contributed by atoms with Gasteiger partial charge in [0, 0.05) is 24.7 Å². The lowest BCUT2D eigenvalue weighted by molar-refractivity contribution is -0.0530. The fourth-order valence-corrected chi connectivity index (χ4v) is 4.97. The molecule has 0 amide bonds. The predicted octanol–water partition coefficient (Wildman–Crippen LogP) is 3.32. The van der Waals surface area contributed by atoms with Gasteiger partial charge in [-0.1, -0.05) is 0 Å². The number of aromatic nitrogens is 5. The zero-order chi connectivity index (χ0) is 29.5. The van der Waals surface area contributed by atoms with Crippen LogP contribution in [-0.4, -0.2) is 67.4 Å². The number of ether oxygens (including phenoxy) is 1. The van der Waals surface area contributed by atoms with E-state index in [9.17, 15) is 31.4 Å². The van der Waals surface area contributed by atoms with Crippen LogP contribution in [0.25, 0.3) is 22.4 Å². The average Bonchev–Trinajstić information content (AvgIpc) is 3.33. The molecule has 5 N–H and O–H groups in total. The molecular formula is C25H24F6N8O2. The van der Waals surface area contributed by atoms with Gasteiger partial charge in [-0.2, -0.15) is 8.78 Å². The van der Waals surface area contributed by atoms with Crippen LogP contribution in [0.4, 0.5) is 37.8 Å². The molecule has 0 spiro atoms. The van der Waals surface area contributed by atoms with Crippen molar-refractivity contribution in [3.05, 3.63) is 54.2 Å². The van der Waals surface area contributed by atoms with E-state index in [1.165, 1.54) is 24.9 Å². The molecule has 1 fully saturated rings. The maximum Gasteiger partial charge on any atom is 0.387 e. The van der Waals surface area contributed by atoms with Crippen molar-refractivity contribution in [2.75, 3.05) is 23.7 Å². The molecule has 0 radical (unpaired) electrons. The van der Waals surface area contributed by atoms with Crippen molar-refractivity contribution >= 4 is 22.7 Å². The van der Waals surface area contributed by atoms with E-state index in [4.69, 9.17) is 11.5 Å². The number of benzene rings is 1. The summed E-state index contributed by atoms with van der Waals surface area (Å²) < 4.78 is 87.0. The largest absolute Gasteiger partial charge is 0.432 e. The highest BCUT2D eigenvalue weighted by molar-refractivity contribution is 5.81. The van der Waals surface area contributed by atoms with Crippen LogP contribution in [0.1, 0.15) is 18.4 Å². The number of alkyl halides is 4. The normalized spacial score (nSPS) is 18.4. The first-order valence-corrected chi connectivity index (χ1v) is 12.3. The Morgan fingerprint density at radius 2 is 1.83 bits per heavy atom. The summed E-state index contributed by atoms with van der Waals surface area (Å²) in [6.45, 7) is -3.08. The Bertz CT molecular complexity index is 1570. The summed E-state index contributed by atoms with van der Waals surface area (Å²) in [5.41, 5.74) is 11.7. The second kappa shape index (κ2) is 11.0. The highest BCUT2D eigenvalue weighted by atomic mass is 19.3. The third-order valence-electron chi connectivity index (χ3n) is 6.97. The zero-order valence-electron chi connectivity index (χ0n) is 21.2. The first kappa shape index (κ1) is 28.4.